The van der Waals surface area contributed by atoms with Crippen LogP contribution in [0.25, 0.3) is 0 Å². The molecule has 0 radical (unpaired) electrons. The molecule has 3 heteroatoms. The number of methoxy groups -OCH3 is 1. The summed E-state index contributed by atoms with van der Waals surface area (Å²) in [5.41, 5.74) is 0.970. The minimum atomic E-state index is -0.365. The molecule has 2 nitrogen and oxygen atoms in total. The average molecular weight is 274 g/mol. The van der Waals surface area contributed by atoms with E-state index in [4.69, 9.17) is 4.74 Å². The van der Waals surface area contributed by atoms with Crippen molar-refractivity contribution in [1.82, 2.24) is 0 Å². The Morgan fingerprint density at radius 1 is 1.11 bits per heavy atom. The summed E-state index contributed by atoms with van der Waals surface area (Å²) in [6.45, 7) is 1.98. The minimum absolute atomic E-state index is 0.365. The lowest BCUT2D eigenvalue weighted by atomic mass is 10.1. The van der Waals surface area contributed by atoms with E-state index in [0.717, 1.165) is 27.5 Å². The first kappa shape index (κ1) is 14.0. The maximum atomic E-state index is 9.75. The molecule has 1 atom stereocenters. The second-order valence-corrected chi connectivity index (χ2v) is 5.42. The maximum absolute atomic E-state index is 9.75. The summed E-state index contributed by atoms with van der Waals surface area (Å²) < 4.78 is 5.21. The highest BCUT2D eigenvalue weighted by Gasteiger charge is 2.05. The van der Waals surface area contributed by atoms with Crippen molar-refractivity contribution in [1.29, 1.82) is 0 Å². The molecule has 0 saturated carbocycles. The lowest BCUT2D eigenvalue weighted by Crippen LogP contribution is -1.93. The van der Waals surface area contributed by atoms with Crippen LogP contribution in [0.2, 0.25) is 0 Å². The molecule has 2 rings (SSSR count). The van der Waals surface area contributed by atoms with Gasteiger partial charge < -0.3 is 9.84 Å². The first-order valence-corrected chi connectivity index (χ1v) is 7.14. The zero-order chi connectivity index (χ0) is 13.7. The molecule has 2 aromatic rings. The molecule has 0 unspecified atom stereocenters. The lowest BCUT2D eigenvalue weighted by molar-refractivity contribution is 0.173. The van der Waals surface area contributed by atoms with Gasteiger partial charge in [-0.25, -0.2) is 0 Å². The zero-order valence-corrected chi connectivity index (χ0v) is 12.0. The average Bonchev–Trinajstić information content (AvgIpc) is 2.47. The predicted octanol–water partition coefficient (Wildman–Crippen LogP) is 4.29. The molecule has 100 valence electrons. The molecule has 0 aromatic heterocycles. The monoisotopic (exact) mass is 274 g/mol. The van der Waals surface area contributed by atoms with Crippen LogP contribution in [0, 0.1) is 0 Å². The van der Waals surface area contributed by atoms with Crippen molar-refractivity contribution in [3.05, 3.63) is 54.1 Å². The van der Waals surface area contributed by atoms with E-state index in [9.17, 15) is 5.11 Å². The van der Waals surface area contributed by atoms with Gasteiger partial charge in [0.1, 0.15) is 5.75 Å². The van der Waals surface area contributed by atoms with Gasteiger partial charge in [0.25, 0.3) is 0 Å². The van der Waals surface area contributed by atoms with Gasteiger partial charge in [0.15, 0.2) is 0 Å². The number of ether oxygens (including phenoxy) is 1. The van der Waals surface area contributed by atoms with Gasteiger partial charge in [-0.2, -0.15) is 0 Å². The molecule has 0 aliphatic rings. The third kappa shape index (κ3) is 3.75. The Balaban J connectivity index is 2.10. The molecule has 2 aromatic carbocycles. The molecule has 0 amide bonds. The fraction of sp³-hybridized carbons (Fsp3) is 0.250. The van der Waals surface area contributed by atoms with Gasteiger partial charge in [-0.1, -0.05) is 36.9 Å². The van der Waals surface area contributed by atoms with Crippen molar-refractivity contribution in [2.24, 2.45) is 0 Å². The van der Waals surface area contributed by atoms with Crippen LogP contribution >= 0.6 is 11.8 Å². The van der Waals surface area contributed by atoms with Gasteiger partial charge in [0.05, 0.1) is 13.2 Å². The molecule has 0 bridgehead atoms. The highest BCUT2D eigenvalue weighted by molar-refractivity contribution is 7.99. The van der Waals surface area contributed by atoms with Crippen LogP contribution in [0.1, 0.15) is 25.0 Å². The lowest BCUT2D eigenvalue weighted by Gasteiger charge is -2.09. The van der Waals surface area contributed by atoms with E-state index in [1.807, 2.05) is 49.4 Å². The van der Waals surface area contributed by atoms with Crippen LogP contribution < -0.4 is 4.74 Å². The van der Waals surface area contributed by atoms with Crippen molar-refractivity contribution >= 4 is 11.8 Å². The second-order valence-electron chi connectivity index (χ2n) is 4.27. The van der Waals surface area contributed by atoms with Crippen molar-refractivity contribution in [3.8, 4) is 5.75 Å². The van der Waals surface area contributed by atoms with Crippen LogP contribution in [0.5, 0.6) is 5.75 Å². The normalized spacial score (nSPS) is 12.2. The maximum Gasteiger partial charge on any atom is 0.119 e. The molecule has 19 heavy (non-hydrogen) atoms. The number of hydrogen-bond acceptors (Lipinski definition) is 3. The van der Waals surface area contributed by atoms with Crippen LogP contribution in [0.3, 0.4) is 0 Å². The SMILES string of the molecule is CC[C@H](O)c1ccc(Sc2cccc(OC)c2)cc1. The Morgan fingerprint density at radius 3 is 2.47 bits per heavy atom. The topological polar surface area (TPSA) is 29.5 Å². The van der Waals surface area contributed by atoms with Crippen LogP contribution in [-0.2, 0) is 0 Å². The quantitative estimate of drug-likeness (QED) is 0.882. The molecule has 0 heterocycles. The Morgan fingerprint density at radius 2 is 1.84 bits per heavy atom. The molecule has 0 aliphatic heterocycles. The fourth-order valence-corrected chi connectivity index (χ4v) is 2.66. The molecule has 0 saturated heterocycles. The third-order valence-corrected chi connectivity index (χ3v) is 3.93. The van der Waals surface area contributed by atoms with Gasteiger partial charge >= 0.3 is 0 Å². The molecule has 1 N–H and O–H groups in total. The highest BCUT2D eigenvalue weighted by atomic mass is 32.2. The number of aliphatic hydroxyl groups excluding tert-OH is 1. The Bertz CT molecular complexity index is 523. The number of hydrogen-bond donors (Lipinski definition) is 1. The Hall–Kier alpha value is -1.45. The van der Waals surface area contributed by atoms with Gasteiger partial charge in [-0.15, -0.1) is 0 Å². The van der Waals surface area contributed by atoms with Crippen LogP contribution in [0.15, 0.2) is 58.3 Å². The molecular weight excluding hydrogens is 256 g/mol. The number of rotatable bonds is 5. The third-order valence-electron chi connectivity index (χ3n) is 2.93. The summed E-state index contributed by atoms with van der Waals surface area (Å²) in [6.07, 6.45) is 0.374. The van der Waals surface area contributed by atoms with E-state index < -0.39 is 0 Å². The zero-order valence-electron chi connectivity index (χ0n) is 11.2. The molecule has 0 aliphatic carbocycles. The fourth-order valence-electron chi connectivity index (χ4n) is 1.79. The van der Waals surface area contributed by atoms with Crippen molar-refractivity contribution in [2.75, 3.05) is 7.11 Å². The summed E-state index contributed by atoms with van der Waals surface area (Å²) in [5, 5.41) is 9.75. The van der Waals surface area contributed by atoms with E-state index in [1.54, 1.807) is 18.9 Å². The molecule has 0 fully saturated rings. The van der Waals surface area contributed by atoms with E-state index in [0.29, 0.717) is 0 Å². The summed E-state index contributed by atoms with van der Waals surface area (Å²) in [4.78, 5) is 2.29. The summed E-state index contributed by atoms with van der Waals surface area (Å²) in [7, 11) is 1.67. The largest absolute Gasteiger partial charge is 0.497 e. The molecule has 0 spiro atoms. The summed E-state index contributed by atoms with van der Waals surface area (Å²) in [5.74, 6) is 0.864. The Labute approximate surface area is 118 Å². The number of benzene rings is 2. The van der Waals surface area contributed by atoms with Crippen molar-refractivity contribution in [3.63, 3.8) is 0 Å². The van der Waals surface area contributed by atoms with E-state index in [1.165, 1.54) is 0 Å². The van der Waals surface area contributed by atoms with E-state index in [-0.39, 0.29) is 6.10 Å². The summed E-state index contributed by atoms with van der Waals surface area (Å²) in [6, 6.07) is 16.0. The predicted molar refractivity (Wildman–Crippen MR) is 78.8 cm³/mol. The molecular formula is C16H18O2S. The highest BCUT2D eigenvalue weighted by Crippen LogP contribution is 2.30. The van der Waals surface area contributed by atoms with Gasteiger partial charge in [-0.3, -0.25) is 0 Å². The van der Waals surface area contributed by atoms with E-state index in [2.05, 4.69) is 6.07 Å². The Kier molecular flexibility index (Phi) is 4.88. The summed E-state index contributed by atoms with van der Waals surface area (Å²) >= 11 is 1.68. The smallest absolute Gasteiger partial charge is 0.119 e. The van der Waals surface area contributed by atoms with E-state index >= 15 is 0 Å². The first-order chi connectivity index (χ1) is 9.22. The van der Waals surface area contributed by atoms with Crippen LogP contribution in [-0.4, -0.2) is 12.2 Å². The minimum Gasteiger partial charge on any atom is -0.497 e. The number of aliphatic hydroxyl groups is 1. The van der Waals surface area contributed by atoms with Gasteiger partial charge in [-0.05, 0) is 42.3 Å². The van der Waals surface area contributed by atoms with Crippen molar-refractivity contribution in [2.45, 2.75) is 29.2 Å². The van der Waals surface area contributed by atoms with Crippen molar-refractivity contribution < 1.29 is 9.84 Å². The standard InChI is InChI=1S/C16H18O2S/c1-3-16(17)12-7-9-14(10-8-12)19-15-6-4-5-13(11-15)18-2/h4-11,16-17H,3H2,1-2H3/t16-/m0/s1. The van der Waals surface area contributed by atoms with Gasteiger partial charge in [0, 0.05) is 9.79 Å². The second kappa shape index (κ2) is 6.64. The van der Waals surface area contributed by atoms with Crippen LogP contribution in [0.4, 0.5) is 0 Å². The van der Waals surface area contributed by atoms with Gasteiger partial charge in [0.2, 0.25) is 0 Å². The first-order valence-electron chi connectivity index (χ1n) is 6.33.